The fraction of sp³-hybridized carbons (Fsp3) is 0.286. The molecule has 1 heterocycles. The van der Waals surface area contributed by atoms with Gasteiger partial charge in [0.05, 0.1) is 31.7 Å². The van der Waals surface area contributed by atoms with Gasteiger partial charge in [-0.05, 0) is 42.3 Å². The van der Waals surface area contributed by atoms with Gasteiger partial charge in [-0.25, -0.2) is 0 Å². The molecule has 0 amide bonds. The molecule has 0 spiro atoms. The van der Waals surface area contributed by atoms with Crippen molar-refractivity contribution in [3.8, 4) is 11.5 Å². The van der Waals surface area contributed by atoms with Gasteiger partial charge in [-0.1, -0.05) is 54.6 Å². The van der Waals surface area contributed by atoms with Crippen LogP contribution in [0.2, 0.25) is 0 Å². The maximum Gasteiger partial charge on any atom is 0.306 e. The zero-order valence-corrected chi connectivity index (χ0v) is 19.2. The summed E-state index contributed by atoms with van der Waals surface area (Å²) < 4.78 is 22.0. The largest absolute Gasteiger partial charge is 0.489 e. The summed E-state index contributed by atoms with van der Waals surface area (Å²) in [7, 11) is 0. The molecule has 4 rings (SSSR count). The summed E-state index contributed by atoms with van der Waals surface area (Å²) in [6.45, 7) is 3.60. The number of esters is 1. The second kappa shape index (κ2) is 11.0. The van der Waals surface area contributed by atoms with Crippen LogP contribution in [0.4, 0.5) is 0 Å². The predicted molar refractivity (Wildman–Crippen MR) is 127 cm³/mol. The summed E-state index contributed by atoms with van der Waals surface area (Å²) in [6, 6.07) is 24.4. The lowest BCUT2D eigenvalue weighted by molar-refractivity contribution is -0.151. The lowest BCUT2D eigenvalue weighted by Gasteiger charge is -2.41. The van der Waals surface area contributed by atoms with Gasteiger partial charge in [0, 0.05) is 5.56 Å². The van der Waals surface area contributed by atoms with E-state index >= 15 is 0 Å². The summed E-state index contributed by atoms with van der Waals surface area (Å²) in [5, 5.41) is 0. The number of rotatable bonds is 11. The number of carbonyl (C=O) groups excluding carboxylic acids is 2. The van der Waals surface area contributed by atoms with Crippen molar-refractivity contribution in [2.75, 3.05) is 26.4 Å². The Hall–Kier alpha value is -3.64. The highest BCUT2D eigenvalue weighted by Gasteiger charge is 2.42. The van der Waals surface area contributed by atoms with Crippen molar-refractivity contribution in [3.05, 3.63) is 95.6 Å². The standard InChI is InChI=1S/C28H28O6/c1-2-32-27(30)16-28(19-31-20-28)23-10-14-25(15-11-23)33-17-21-8-12-24(13-9-21)34-18-26(29)22-6-4-3-5-7-22/h3-15H,2,16-20H2,1H3. The van der Waals surface area contributed by atoms with Gasteiger partial charge < -0.3 is 18.9 Å². The van der Waals surface area contributed by atoms with Crippen LogP contribution in [-0.4, -0.2) is 38.2 Å². The Balaban J connectivity index is 1.27. The Morgan fingerprint density at radius 1 is 0.853 bits per heavy atom. The molecule has 1 saturated heterocycles. The normalized spacial score (nSPS) is 14.0. The van der Waals surface area contributed by atoms with Crippen molar-refractivity contribution in [2.24, 2.45) is 0 Å². The Labute approximate surface area is 199 Å². The van der Waals surface area contributed by atoms with E-state index in [9.17, 15) is 9.59 Å². The molecule has 6 heteroatoms. The van der Waals surface area contributed by atoms with Gasteiger partial charge in [-0.3, -0.25) is 9.59 Å². The second-order valence-electron chi connectivity index (χ2n) is 8.29. The number of hydrogen-bond acceptors (Lipinski definition) is 6. The highest BCUT2D eigenvalue weighted by atomic mass is 16.5. The maximum atomic E-state index is 12.2. The molecule has 176 valence electrons. The van der Waals surface area contributed by atoms with Crippen molar-refractivity contribution in [2.45, 2.75) is 25.4 Å². The van der Waals surface area contributed by atoms with Crippen LogP contribution in [-0.2, 0) is 26.3 Å². The quantitative estimate of drug-likeness (QED) is 0.304. The summed E-state index contributed by atoms with van der Waals surface area (Å²) in [5.41, 5.74) is 2.35. The molecule has 1 aliphatic rings. The van der Waals surface area contributed by atoms with Gasteiger partial charge >= 0.3 is 5.97 Å². The van der Waals surface area contributed by atoms with Crippen molar-refractivity contribution < 1.29 is 28.5 Å². The van der Waals surface area contributed by atoms with E-state index in [-0.39, 0.29) is 23.8 Å². The van der Waals surface area contributed by atoms with Crippen molar-refractivity contribution in [1.82, 2.24) is 0 Å². The molecule has 3 aromatic rings. The molecule has 0 saturated carbocycles. The number of carbonyl (C=O) groups is 2. The highest BCUT2D eigenvalue weighted by Crippen LogP contribution is 2.37. The topological polar surface area (TPSA) is 71.1 Å². The molecule has 0 unspecified atom stereocenters. The van der Waals surface area contributed by atoms with E-state index in [1.54, 1.807) is 12.1 Å². The number of hydrogen-bond donors (Lipinski definition) is 0. The molecule has 3 aromatic carbocycles. The van der Waals surface area contributed by atoms with Crippen LogP contribution in [0, 0.1) is 0 Å². The third kappa shape index (κ3) is 5.83. The van der Waals surface area contributed by atoms with E-state index in [0.717, 1.165) is 16.9 Å². The number of Topliss-reactive ketones (excluding diaryl/α,β-unsaturated/α-hetero) is 1. The first-order valence-corrected chi connectivity index (χ1v) is 11.3. The van der Waals surface area contributed by atoms with E-state index in [0.29, 0.717) is 44.2 Å². The van der Waals surface area contributed by atoms with Crippen molar-refractivity contribution in [3.63, 3.8) is 0 Å². The molecule has 0 aromatic heterocycles. The first-order valence-electron chi connectivity index (χ1n) is 11.3. The summed E-state index contributed by atoms with van der Waals surface area (Å²) in [5.74, 6) is 1.10. The van der Waals surface area contributed by atoms with Gasteiger partial charge in [-0.2, -0.15) is 0 Å². The minimum absolute atomic E-state index is 0.00505. The molecule has 1 fully saturated rings. The van der Waals surface area contributed by atoms with Crippen LogP contribution in [0.3, 0.4) is 0 Å². The summed E-state index contributed by atoms with van der Waals surface area (Å²) >= 11 is 0. The molecule has 6 nitrogen and oxygen atoms in total. The second-order valence-corrected chi connectivity index (χ2v) is 8.29. The van der Waals surface area contributed by atoms with Crippen LogP contribution in [0.1, 0.15) is 34.8 Å². The zero-order valence-electron chi connectivity index (χ0n) is 19.2. The Morgan fingerprint density at radius 2 is 1.50 bits per heavy atom. The average Bonchev–Trinajstić information content (AvgIpc) is 2.85. The molecule has 1 aliphatic heterocycles. The predicted octanol–water partition coefficient (Wildman–Crippen LogP) is 4.75. The van der Waals surface area contributed by atoms with Crippen LogP contribution in [0.25, 0.3) is 0 Å². The van der Waals surface area contributed by atoms with Gasteiger partial charge in [0.15, 0.2) is 12.4 Å². The molecule has 0 radical (unpaired) electrons. The minimum Gasteiger partial charge on any atom is -0.489 e. The van der Waals surface area contributed by atoms with Gasteiger partial charge in [0.1, 0.15) is 18.1 Å². The summed E-state index contributed by atoms with van der Waals surface area (Å²) in [4.78, 5) is 24.1. The Morgan fingerprint density at radius 3 is 2.12 bits per heavy atom. The average molecular weight is 461 g/mol. The fourth-order valence-electron chi connectivity index (χ4n) is 3.82. The zero-order chi connectivity index (χ0) is 23.8. The summed E-state index contributed by atoms with van der Waals surface area (Å²) in [6.07, 6.45) is 0.312. The molecule has 34 heavy (non-hydrogen) atoms. The van der Waals surface area contributed by atoms with E-state index in [2.05, 4.69) is 0 Å². The Bertz CT molecular complexity index is 1090. The van der Waals surface area contributed by atoms with Crippen LogP contribution >= 0.6 is 0 Å². The Kier molecular flexibility index (Phi) is 7.60. The maximum absolute atomic E-state index is 12.2. The number of ether oxygens (including phenoxy) is 4. The van der Waals surface area contributed by atoms with Gasteiger partial charge in [0.2, 0.25) is 0 Å². The molecular weight excluding hydrogens is 432 g/mol. The van der Waals surface area contributed by atoms with E-state index in [4.69, 9.17) is 18.9 Å². The van der Waals surface area contributed by atoms with Gasteiger partial charge in [0.25, 0.3) is 0 Å². The highest BCUT2D eigenvalue weighted by molar-refractivity contribution is 5.97. The first-order chi connectivity index (χ1) is 16.6. The lowest BCUT2D eigenvalue weighted by atomic mass is 9.76. The SMILES string of the molecule is CCOC(=O)CC1(c2ccc(OCc3ccc(OCC(=O)c4ccccc4)cc3)cc2)COC1. The van der Waals surface area contributed by atoms with Crippen LogP contribution in [0.15, 0.2) is 78.9 Å². The van der Waals surface area contributed by atoms with Crippen LogP contribution in [0.5, 0.6) is 11.5 Å². The molecule has 0 bridgehead atoms. The van der Waals surface area contributed by atoms with E-state index in [1.165, 1.54) is 0 Å². The van der Waals surface area contributed by atoms with Crippen molar-refractivity contribution in [1.29, 1.82) is 0 Å². The van der Waals surface area contributed by atoms with E-state index in [1.807, 2.05) is 73.7 Å². The van der Waals surface area contributed by atoms with Gasteiger partial charge in [-0.15, -0.1) is 0 Å². The van der Waals surface area contributed by atoms with Crippen LogP contribution < -0.4 is 9.47 Å². The van der Waals surface area contributed by atoms with Crippen molar-refractivity contribution >= 4 is 11.8 Å². The molecule has 0 N–H and O–H groups in total. The third-order valence-electron chi connectivity index (χ3n) is 5.81. The number of benzene rings is 3. The minimum atomic E-state index is -0.317. The fourth-order valence-corrected chi connectivity index (χ4v) is 3.82. The molecule has 0 atom stereocenters. The molecule has 0 aliphatic carbocycles. The first kappa shape index (κ1) is 23.5. The third-order valence-corrected chi connectivity index (χ3v) is 5.81. The molecular formula is C28H28O6. The van der Waals surface area contributed by atoms with E-state index < -0.39 is 0 Å². The number of ketones is 1. The lowest BCUT2D eigenvalue weighted by Crippen LogP contribution is -2.48. The smallest absolute Gasteiger partial charge is 0.306 e. The monoisotopic (exact) mass is 460 g/mol.